The van der Waals surface area contributed by atoms with Gasteiger partial charge in [-0.3, -0.25) is 4.79 Å². The number of anilines is 1. The molecule has 2 aromatic heterocycles. The average Bonchev–Trinajstić information content (AvgIpc) is 3.05. The first-order chi connectivity index (χ1) is 11.1. The molecule has 122 valence electrons. The molecule has 0 aliphatic carbocycles. The van der Waals surface area contributed by atoms with Crippen LogP contribution in [0.5, 0.6) is 0 Å². The molecule has 0 unspecified atom stereocenters. The number of hydrogen-bond acceptors (Lipinski definition) is 5. The van der Waals surface area contributed by atoms with E-state index in [2.05, 4.69) is 20.2 Å². The summed E-state index contributed by atoms with van der Waals surface area (Å²) in [5.41, 5.74) is 0. The van der Waals surface area contributed by atoms with Crippen LogP contribution in [0.1, 0.15) is 24.4 Å². The minimum absolute atomic E-state index is 0.0274. The van der Waals surface area contributed by atoms with Gasteiger partial charge in [-0.05, 0) is 31.9 Å². The zero-order valence-electron chi connectivity index (χ0n) is 13.0. The molecule has 1 aliphatic heterocycles. The summed E-state index contributed by atoms with van der Waals surface area (Å²) in [6.45, 7) is 3.83. The van der Waals surface area contributed by atoms with Crippen LogP contribution in [0, 0.1) is 12.8 Å². The molecule has 0 saturated carbocycles. The second-order valence-electron chi connectivity index (χ2n) is 5.65. The number of amides is 1. The van der Waals surface area contributed by atoms with E-state index in [1.807, 2.05) is 19.1 Å². The average molecular weight is 335 g/mol. The largest absolute Gasteiger partial charge is 0.467 e. The second kappa shape index (κ2) is 7.00. The Morgan fingerprint density at radius 2 is 2.22 bits per heavy atom. The maximum Gasteiger partial charge on any atom is 0.223 e. The van der Waals surface area contributed by atoms with Gasteiger partial charge in [0, 0.05) is 25.1 Å². The fourth-order valence-electron chi connectivity index (χ4n) is 2.78. The van der Waals surface area contributed by atoms with Crippen LogP contribution in [0.4, 0.5) is 5.82 Å². The number of hydrogen-bond donors (Lipinski definition) is 1. The quantitative estimate of drug-likeness (QED) is 0.870. The van der Waals surface area contributed by atoms with E-state index in [0.29, 0.717) is 17.5 Å². The lowest BCUT2D eigenvalue weighted by Gasteiger charge is -2.32. The highest BCUT2D eigenvalue weighted by molar-refractivity contribution is 6.29. The molecule has 7 heteroatoms. The summed E-state index contributed by atoms with van der Waals surface area (Å²) < 4.78 is 5.22. The molecule has 0 aromatic carbocycles. The Bertz CT molecular complexity index is 646. The molecule has 3 rings (SSSR count). The second-order valence-corrected chi connectivity index (χ2v) is 6.04. The van der Waals surface area contributed by atoms with Gasteiger partial charge >= 0.3 is 0 Å². The normalized spacial score (nSPS) is 15.7. The van der Waals surface area contributed by atoms with Crippen molar-refractivity contribution in [3.05, 3.63) is 41.2 Å². The maximum atomic E-state index is 12.2. The van der Waals surface area contributed by atoms with Gasteiger partial charge in [0.15, 0.2) is 0 Å². The Morgan fingerprint density at radius 1 is 1.43 bits per heavy atom. The SMILES string of the molecule is Cc1nc(Cl)cc(N2CCC(C(=O)NCc3ccco3)CC2)n1. The Labute approximate surface area is 139 Å². The van der Waals surface area contributed by atoms with Gasteiger partial charge in [-0.2, -0.15) is 0 Å². The Balaban J connectivity index is 1.52. The van der Waals surface area contributed by atoms with Gasteiger partial charge in [0.2, 0.25) is 5.91 Å². The number of carbonyl (C=O) groups is 1. The van der Waals surface area contributed by atoms with Crippen LogP contribution in [-0.4, -0.2) is 29.0 Å². The summed E-state index contributed by atoms with van der Waals surface area (Å²) in [5, 5.41) is 3.38. The maximum absolute atomic E-state index is 12.2. The van der Waals surface area contributed by atoms with E-state index in [0.717, 1.165) is 37.5 Å². The zero-order valence-corrected chi connectivity index (χ0v) is 13.7. The molecule has 0 atom stereocenters. The number of nitrogens with one attached hydrogen (secondary N) is 1. The summed E-state index contributed by atoms with van der Waals surface area (Å²) >= 11 is 5.99. The number of piperidine rings is 1. The number of furan rings is 1. The lowest BCUT2D eigenvalue weighted by atomic mass is 9.96. The molecule has 0 radical (unpaired) electrons. The van der Waals surface area contributed by atoms with Crippen LogP contribution >= 0.6 is 11.6 Å². The lowest BCUT2D eigenvalue weighted by molar-refractivity contribution is -0.125. The first kappa shape index (κ1) is 15.8. The van der Waals surface area contributed by atoms with E-state index in [-0.39, 0.29) is 11.8 Å². The molecule has 1 N–H and O–H groups in total. The summed E-state index contributed by atoms with van der Waals surface area (Å²) in [5.74, 6) is 2.36. The predicted molar refractivity (Wildman–Crippen MR) is 87.3 cm³/mol. The third kappa shape index (κ3) is 4.01. The molecule has 1 amide bonds. The monoisotopic (exact) mass is 334 g/mol. The number of halogens is 1. The van der Waals surface area contributed by atoms with Crippen LogP contribution in [-0.2, 0) is 11.3 Å². The third-order valence-electron chi connectivity index (χ3n) is 4.00. The number of carbonyl (C=O) groups excluding carboxylic acids is 1. The van der Waals surface area contributed by atoms with Crippen molar-refractivity contribution >= 4 is 23.3 Å². The van der Waals surface area contributed by atoms with E-state index in [1.165, 1.54) is 0 Å². The minimum Gasteiger partial charge on any atom is -0.467 e. The van der Waals surface area contributed by atoms with Gasteiger partial charge in [-0.25, -0.2) is 9.97 Å². The molecule has 0 bridgehead atoms. The fourth-order valence-corrected chi connectivity index (χ4v) is 3.00. The van der Waals surface area contributed by atoms with Gasteiger partial charge in [-0.15, -0.1) is 0 Å². The van der Waals surface area contributed by atoms with Gasteiger partial charge in [-0.1, -0.05) is 11.6 Å². The van der Waals surface area contributed by atoms with Gasteiger partial charge in [0.05, 0.1) is 12.8 Å². The fraction of sp³-hybridized carbons (Fsp3) is 0.438. The van der Waals surface area contributed by atoms with Crippen molar-refractivity contribution in [2.45, 2.75) is 26.3 Å². The number of aryl methyl sites for hydroxylation is 1. The lowest BCUT2D eigenvalue weighted by Crippen LogP contribution is -2.40. The molecular weight excluding hydrogens is 316 g/mol. The standard InChI is InChI=1S/C16H19ClN4O2/c1-11-19-14(17)9-15(20-11)21-6-4-12(5-7-21)16(22)18-10-13-3-2-8-23-13/h2-3,8-9,12H,4-7,10H2,1H3,(H,18,22). The van der Waals surface area contributed by atoms with Crippen LogP contribution in [0.2, 0.25) is 5.15 Å². The molecule has 0 spiro atoms. The molecule has 6 nitrogen and oxygen atoms in total. The minimum atomic E-state index is 0.0274. The first-order valence-corrected chi connectivity index (χ1v) is 8.06. The Hall–Kier alpha value is -2.08. The van der Waals surface area contributed by atoms with Crippen LogP contribution in [0.3, 0.4) is 0 Å². The molecule has 2 aromatic rings. The van der Waals surface area contributed by atoms with E-state index in [4.69, 9.17) is 16.0 Å². The van der Waals surface area contributed by atoms with Crippen LogP contribution in [0.25, 0.3) is 0 Å². The Kier molecular flexibility index (Phi) is 4.81. The van der Waals surface area contributed by atoms with Crippen molar-refractivity contribution in [3.8, 4) is 0 Å². The van der Waals surface area contributed by atoms with Crippen molar-refractivity contribution in [1.82, 2.24) is 15.3 Å². The van der Waals surface area contributed by atoms with E-state index in [9.17, 15) is 4.79 Å². The van der Waals surface area contributed by atoms with E-state index in [1.54, 1.807) is 12.3 Å². The van der Waals surface area contributed by atoms with Gasteiger partial charge in [0.1, 0.15) is 22.6 Å². The molecule has 1 fully saturated rings. The highest BCUT2D eigenvalue weighted by Crippen LogP contribution is 2.23. The van der Waals surface area contributed by atoms with Crippen molar-refractivity contribution in [2.75, 3.05) is 18.0 Å². The molecule has 1 aliphatic rings. The zero-order chi connectivity index (χ0) is 16.2. The first-order valence-electron chi connectivity index (χ1n) is 7.68. The smallest absolute Gasteiger partial charge is 0.223 e. The summed E-state index contributed by atoms with van der Waals surface area (Å²) in [7, 11) is 0. The van der Waals surface area contributed by atoms with E-state index < -0.39 is 0 Å². The molecule has 23 heavy (non-hydrogen) atoms. The van der Waals surface area contributed by atoms with E-state index >= 15 is 0 Å². The van der Waals surface area contributed by atoms with Crippen LogP contribution < -0.4 is 10.2 Å². The van der Waals surface area contributed by atoms with Crippen molar-refractivity contribution in [2.24, 2.45) is 5.92 Å². The predicted octanol–water partition coefficient (Wildman–Crippen LogP) is 2.56. The highest BCUT2D eigenvalue weighted by Gasteiger charge is 2.25. The highest BCUT2D eigenvalue weighted by atomic mass is 35.5. The van der Waals surface area contributed by atoms with Crippen molar-refractivity contribution in [3.63, 3.8) is 0 Å². The van der Waals surface area contributed by atoms with Gasteiger partial charge in [0.25, 0.3) is 0 Å². The van der Waals surface area contributed by atoms with Crippen LogP contribution in [0.15, 0.2) is 28.9 Å². The topological polar surface area (TPSA) is 71.3 Å². The number of aromatic nitrogens is 2. The Morgan fingerprint density at radius 3 is 2.87 bits per heavy atom. The molecular formula is C16H19ClN4O2. The van der Waals surface area contributed by atoms with Crippen molar-refractivity contribution < 1.29 is 9.21 Å². The molecule has 1 saturated heterocycles. The van der Waals surface area contributed by atoms with Crippen molar-refractivity contribution in [1.29, 1.82) is 0 Å². The summed E-state index contributed by atoms with van der Waals surface area (Å²) in [4.78, 5) is 22.9. The van der Waals surface area contributed by atoms with Gasteiger partial charge < -0.3 is 14.6 Å². The molecule has 3 heterocycles. The summed E-state index contributed by atoms with van der Waals surface area (Å²) in [6, 6.07) is 5.44. The number of nitrogens with zero attached hydrogens (tertiary/aromatic N) is 3. The summed E-state index contributed by atoms with van der Waals surface area (Å²) in [6.07, 6.45) is 3.20. The number of rotatable bonds is 4. The third-order valence-corrected chi connectivity index (χ3v) is 4.19.